The maximum atomic E-state index is 11.6. The molecule has 1 aromatic heterocycles. The fourth-order valence-electron chi connectivity index (χ4n) is 2.51. The number of hydrogen-bond acceptors (Lipinski definition) is 1. The van der Waals surface area contributed by atoms with Crippen LogP contribution in [0.2, 0.25) is 0 Å². The van der Waals surface area contributed by atoms with Gasteiger partial charge in [-0.05, 0) is 42.0 Å². The lowest BCUT2D eigenvalue weighted by Crippen LogP contribution is -2.18. The lowest BCUT2D eigenvalue weighted by molar-refractivity contribution is 0.758. The summed E-state index contributed by atoms with van der Waals surface area (Å²) in [5, 5.41) is 0. The average Bonchev–Trinajstić information content (AvgIpc) is 2.79. The van der Waals surface area contributed by atoms with Crippen LogP contribution in [-0.4, -0.2) is 4.57 Å². The molecule has 17 heavy (non-hydrogen) atoms. The van der Waals surface area contributed by atoms with Gasteiger partial charge in [-0.2, -0.15) is 0 Å². The molecular weight excluding hydrogens is 210 g/mol. The molecular formula is C15H15NO. The number of fused-ring (bicyclic) bond motifs is 1. The van der Waals surface area contributed by atoms with E-state index in [2.05, 4.69) is 18.2 Å². The molecule has 2 heteroatoms. The van der Waals surface area contributed by atoms with Crippen LogP contribution in [-0.2, 0) is 19.4 Å². The Morgan fingerprint density at radius 3 is 2.82 bits per heavy atom. The lowest BCUT2D eigenvalue weighted by atomic mass is 10.1. The predicted molar refractivity (Wildman–Crippen MR) is 68.3 cm³/mol. The van der Waals surface area contributed by atoms with Crippen molar-refractivity contribution in [1.29, 1.82) is 0 Å². The Hall–Kier alpha value is -1.83. The maximum Gasteiger partial charge on any atom is 0.250 e. The second kappa shape index (κ2) is 4.21. The van der Waals surface area contributed by atoms with Gasteiger partial charge in [-0.25, -0.2) is 0 Å². The van der Waals surface area contributed by atoms with Crippen LogP contribution in [0.5, 0.6) is 0 Å². The highest BCUT2D eigenvalue weighted by Crippen LogP contribution is 2.22. The van der Waals surface area contributed by atoms with Crippen molar-refractivity contribution in [1.82, 2.24) is 4.57 Å². The van der Waals surface area contributed by atoms with Gasteiger partial charge in [0.15, 0.2) is 0 Å². The third-order valence-corrected chi connectivity index (χ3v) is 3.41. The minimum Gasteiger partial charge on any atom is -0.311 e. The number of nitrogens with zero attached hydrogens (tertiary/aromatic N) is 1. The zero-order valence-corrected chi connectivity index (χ0v) is 9.73. The van der Waals surface area contributed by atoms with Crippen molar-refractivity contribution in [3.63, 3.8) is 0 Å². The first kappa shape index (κ1) is 10.3. The highest BCUT2D eigenvalue weighted by molar-refractivity contribution is 5.35. The van der Waals surface area contributed by atoms with Crippen molar-refractivity contribution in [2.24, 2.45) is 0 Å². The SMILES string of the molecule is O=c1ccccn1Cc1ccc2c(c1)CCC2. The summed E-state index contributed by atoms with van der Waals surface area (Å²) in [7, 11) is 0. The van der Waals surface area contributed by atoms with Crippen molar-refractivity contribution >= 4 is 0 Å². The summed E-state index contributed by atoms with van der Waals surface area (Å²) in [5.41, 5.74) is 4.23. The van der Waals surface area contributed by atoms with Crippen LogP contribution in [0.15, 0.2) is 47.4 Å². The number of aryl methyl sites for hydroxylation is 2. The second-order valence-corrected chi connectivity index (χ2v) is 4.62. The Kier molecular flexibility index (Phi) is 2.56. The first-order chi connectivity index (χ1) is 8.33. The van der Waals surface area contributed by atoms with Crippen LogP contribution < -0.4 is 5.56 Å². The summed E-state index contributed by atoms with van der Waals surface area (Å²) in [4.78, 5) is 11.6. The van der Waals surface area contributed by atoms with Crippen LogP contribution in [0.1, 0.15) is 23.1 Å². The minimum absolute atomic E-state index is 0.0630. The summed E-state index contributed by atoms with van der Waals surface area (Å²) >= 11 is 0. The standard InChI is InChI=1S/C15H15NO/c17-15-6-1-2-9-16(15)11-12-7-8-13-4-3-5-14(13)10-12/h1-2,6-10H,3-5,11H2. The van der Waals surface area contributed by atoms with Gasteiger partial charge in [-0.15, -0.1) is 0 Å². The fourth-order valence-corrected chi connectivity index (χ4v) is 2.51. The Balaban J connectivity index is 1.91. The number of pyridine rings is 1. The number of aromatic nitrogens is 1. The van der Waals surface area contributed by atoms with Crippen LogP contribution in [0, 0.1) is 0 Å². The predicted octanol–water partition coefficient (Wildman–Crippen LogP) is 2.39. The summed E-state index contributed by atoms with van der Waals surface area (Å²) in [6, 6.07) is 11.9. The van der Waals surface area contributed by atoms with E-state index in [1.165, 1.54) is 36.0 Å². The molecule has 0 spiro atoms. The smallest absolute Gasteiger partial charge is 0.250 e. The van der Waals surface area contributed by atoms with Crippen LogP contribution in [0.4, 0.5) is 0 Å². The van der Waals surface area contributed by atoms with Gasteiger partial charge in [-0.1, -0.05) is 24.3 Å². The van der Waals surface area contributed by atoms with E-state index in [4.69, 9.17) is 0 Å². The van der Waals surface area contributed by atoms with E-state index < -0.39 is 0 Å². The normalized spacial score (nSPS) is 13.6. The van der Waals surface area contributed by atoms with E-state index in [0.717, 1.165) is 0 Å². The van der Waals surface area contributed by atoms with Gasteiger partial charge in [0.2, 0.25) is 0 Å². The summed E-state index contributed by atoms with van der Waals surface area (Å²) in [6.07, 6.45) is 5.51. The van der Waals surface area contributed by atoms with E-state index >= 15 is 0 Å². The summed E-state index contributed by atoms with van der Waals surface area (Å²) < 4.78 is 1.75. The molecule has 0 fully saturated rings. The van der Waals surface area contributed by atoms with Gasteiger partial charge in [0, 0.05) is 12.3 Å². The lowest BCUT2D eigenvalue weighted by Gasteiger charge is -2.07. The number of rotatable bonds is 2. The fraction of sp³-hybridized carbons (Fsp3) is 0.267. The molecule has 0 N–H and O–H groups in total. The van der Waals surface area contributed by atoms with E-state index in [-0.39, 0.29) is 5.56 Å². The van der Waals surface area contributed by atoms with Gasteiger partial charge < -0.3 is 4.57 Å². The number of benzene rings is 1. The highest BCUT2D eigenvalue weighted by atomic mass is 16.1. The van der Waals surface area contributed by atoms with Crippen molar-refractivity contribution < 1.29 is 0 Å². The molecule has 1 aliphatic carbocycles. The molecule has 86 valence electrons. The molecule has 2 aromatic rings. The monoisotopic (exact) mass is 225 g/mol. The molecule has 1 aliphatic rings. The van der Waals surface area contributed by atoms with Gasteiger partial charge in [0.1, 0.15) is 0 Å². The Morgan fingerprint density at radius 1 is 1.06 bits per heavy atom. The van der Waals surface area contributed by atoms with Gasteiger partial charge in [0.05, 0.1) is 6.54 Å². The van der Waals surface area contributed by atoms with Gasteiger partial charge >= 0.3 is 0 Å². The molecule has 2 nitrogen and oxygen atoms in total. The maximum absolute atomic E-state index is 11.6. The van der Waals surface area contributed by atoms with Crippen molar-refractivity contribution in [3.05, 3.63) is 69.6 Å². The molecule has 0 bridgehead atoms. The molecule has 0 saturated heterocycles. The first-order valence-electron chi connectivity index (χ1n) is 6.09. The molecule has 0 radical (unpaired) electrons. The zero-order chi connectivity index (χ0) is 11.7. The van der Waals surface area contributed by atoms with E-state index in [9.17, 15) is 4.79 Å². The molecule has 0 aliphatic heterocycles. The van der Waals surface area contributed by atoms with E-state index in [1.54, 1.807) is 16.7 Å². The number of hydrogen-bond donors (Lipinski definition) is 0. The quantitative estimate of drug-likeness (QED) is 0.769. The van der Waals surface area contributed by atoms with E-state index in [1.807, 2.05) is 12.3 Å². The molecule has 0 unspecified atom stereocenters. The van der Waals surface area contributed by atoms with Gasteiger partial charge in [-0.3, -0.25) is 4.79 Å². The third-order valence-electron chi connectivity index (χ3n) is 3.41. The molecule has 3 rings (SSSR count). The highest BCUT2D eigenvalue weighted by Gasteiger charge is 2.10. The van der Waals surface area contributed by atoms with E-state index in [0.29, 0.717) is 6.54 Å². The van der Waals surface area contributed by atoms with Crippen LogP contribution >= 0.6 is 0 Å². The average molecular weight is 225 g/mol. The van der Waals surface area contributed by atoms with Crippen molar-refractivity contribution in [2.75, 3.05) is 0 Å². The zero-order valence-electron chi connectivity index (χ0n) is 9.73. The third kappa shape index (κ3) is 2.03. The summed E-state index contributed by atoms with van der Waals surface area (Å²) in [6.45, 7) is 0.674. The Morgan fingerprint density at radius 2 is 1.94 bits per heavy atom. The van der Waals surface area contributed by atoms with Crippen LogP contribution in [0.3, 0.4) is 0 Å². The molecule has 1 aromatic carbocycles. The first-order valence-corrected chi connectivity index (χ1v) is 6.09. The second-order valence-electron chi connectivity index (χ2n) is 4.62. The molecule has 0 amide bonds. The Labute approximate surface area is 101 Å². The van der Waals surface area contributed by atoms with Gasteiger partial charge in [0.25, 0.3) is 5.56 Å². The molecule has 0 saturated carbocycles. The van der Waals surface area contributed by atoms with Crippen LogP contribution in [0.25, 0.3) is 0 Å². The Bertz CT molecular complexity index is 598. The molecule has 0 atom stereocenters. The van der Waals surface area contributed by atoms with Crippen molar-refractivity contribution in [3.8, 4) is 0 Å². The van der Waals surface area contributed by atoms with Crippen molar-refractivity contribution in [2.45, 2.75) is 25.8 Å². The minimum atomic E-state index is 0.0630. The molecule has 1 heterocycles. The largest absolute Gasteiger partial charge is 0.311 e. The summed E-state index contributed by atoms with van der Waals surface area (Å²) in [5.74, 6) is 0. The topological polar surface area (TPSA) is 22.0 Å².